The minimum absolute atomic E-state index is 0.579. The Kier molecular flexibility index (Phi) is 3.55. The Morgan fingerprint density at radius 3 is 2.83 bits per heavy atom. The lowest BCUT2D eigenvalue weighted by molar-refractivity contribution is 0.398. The van der Waals surface area contributed by atoms with Crippen LogP contribution in [0, 0.1) is 0 Å². The Morgan fingerprint density at radius 1 is 1.13 bits per heavy atom. The molecule has 0 radical (unpaired) electrons. The number of anilines is 1. The minimum atomic E-state index is 0.579. The van der Waals surface area contributed by atoms with Gasteiger partial charge in [0, 0.05) is 44.0 Å². The molecule has 1 N–H and O–H groups in total. The van der Waals surface area contributed by atoms with Crippen molar-refractivity contribution in [2.75, 3.05) is 38.2 Å². The zero-order chi connectivity index (χ0) is 15.6. The summed E-state index contributed by atoms with van der Waals surface area (Å²) < 4.78 is 7.09. The van der Waals surface area contributed by atoms with Crippen LogP contribution in [0.4, 0.5) is 5.82 Å². The van der Waals surface area contributed by atoms with Gasteiger partial charge in [0.05, 0.1) is 19.0 Å². The average Bonchev–Trinajstić information content (AvgIpc) is 3.05. The molecule has 0 unspecified atom stereocenters. The van der Waals surface area contributed by atoms with E-state index in [4.69, 9.17) is 9.84 Å². The van der Waals surface area contributed by atoms with E-state index in [1.165, 1.54) is 0 Å². The van der Waals surface area contributed by atoms with E-state index in [1.54, 1.807) is 13.3 Å². The van der Waals surface area contributed by atoms with Crippen LogP contribution < -0.4 is 15.0 Å². The van der Waals surface area contributed by atoms with E-state index in [0.717, 1.165) is 48.9 Å². The largest absolute Gasteiger partial charge is 0.481 e. The third-order valence-electron chi connectivity index (χ3n) is 4.03. The predicted molar refractivity (Wildman–Crippen MR) is 87.9 cm³/mol. The van der Waals surface area contributed by atoms with Gasteiger partial charge < -0.3 is 15.0 Å². The highest BCUT2D eigenvalue weighted by atomic mass is 16.5. The van der Waals surface area contributed by atoms with Gasteiger partial charge in [-0.1, -0.05) is 0 Å². The number of methoxy groups -OCH3 is 1. The van der Waals surface area contributed by atoms with Crippen molar-refractivity contribution in [3.05, 3.63) is 36.7 Å². The molecule has 0 atom stereocenters. The second kappa shape index (κ2) is 5.85. The molecule has 7 nitrogen and oxygen atoms in total. The van der Waals surface area contributed by atoms with Gasteiger partial charge in [0.15, 0.2) is 5.65 Å². The Balaban J connectivity index is 1.77. The fourth-order valence-electron chi connectivity index (χ4n) is 2.80. The number of hydrogen-bond acceptors (Lipinski definition) is 6. The third-order valence-corrected chi connectivity index (χ3v) is 4.03. The zero-order valence-electron chi connectivity index (χ0n) is 12.9. The van der Waals surface area contributed by atoms with Gasteiger partial charge in [-0.2, -0.15) is 0 Å². The maximum atomic E-state index is 5.21. The number of ether oxygens (including phenoxy) is 1. The summed E-state index contributed by atoms with van der Waals surface area (Å²) in [5, 5.41) is 8.14. The summed E-state index contributed by atoms with van der Waals surface area (Å²) in [4.78, 5) is 10.9. The first-order valence-corrected chi connectivity index (χ1v) is 7.66. The van der Waals surface area contributed by atoms with Crippen LogP contribution in [0.15, 0.2) is 36.7 Å². The molecule has 0 saturated carbocycles. The number of pyridine rings is 1. The quantitative estimate of drug-likeness (QED) is 0.784. The molecule has 3 aromatic rings. The van der Waals surface area contributed by atoms with Gasteiger partial charge in [0.25, 0.3) is 0 Å². The normalized spacial score (nSPS) is 15.1. The number of aromatic nitrogens is 4. The van der Waals surface area contributed by atoms with Gasteiger partial charge in [-0.3, -0.25) is 0 Å². The summed E-state index contributed by atoms with van der Waals surface area (Å²) >= 11 is 0. The first-order chi connectivity index (χ1) is 11.3. The number of rotatable bonds is 3. The summed E-state index contributed by atoms with van der Waals surface area (Å²) in [5.74, 6) is 1.55. The van der Waals surface area contributed by atoms with Crippen LogP contribution in [-0.4, -0.2) is 52.9 Å². The van der Waals surface area contributed by atoms with Gasteiger partial charge in [-0.05, 0) is 18.2 Å². The van der Waals surface area contributed by atoms with Crippen LogP contribution >= 0.6 is 0 Å². The van der Waals surface area contributed by atoms with Crippen LogP contribution in [0.3, 0.4) is 0 Å². The Morgan fingerprint density at radius 2 is 2.00 bits per heavy atom. The van der Waals surface area contributed by atoms with Crippen molar-refractivity contribution >= 4 is 11.5 Å². The molecule has 23 heavy (non-hydrogen) atoms. The fraction of sp³-hybridized carbons (Fsp3) is 0.312. The summed E-state index contributed by atoms with van der Waals surface area (Å²) in [5.41, 5.74) is 2.74. The standard InChI is InChI=1S/C16H18N6O/c1-23-16-10-12(4-5-18-16)13-11-19-14-2-3-15(20-22(13)14)21-8-6-17-7-9-21/h2-5,10-11,17H,6-9H2,1H3. The predicted octanol–water partition coefficient (Wildman–Crippen LogP) is 1.21. The van der Waals surface area contributed by atoms with E-state index in [-0.39, 0.29) is 0 Å². The molecule has 0 amide bonds. The molecule has 1 aliphatic rings. The maximum Gasteiger partial charge on any atom is 0.213 e. The minimum Gasteiger partial charge on any atom is -0.481 e. The monoisotopic (exact) mass is 310 g/mol. The highest BCUT2D eigenvalue weighted by molar-refractivity contribution is 5.64. The van der Waals surface area contributed by atoms with Crippen molar-refractivity contribution < 1.29 is 4.74 Å². The summed E-state index contributed by atoms with van der Waals surface area (Å²) in [6.07, 6.45) is 3.56. The Labute approximate surface area is 133 Å². The summed E-state index contributed by atoms with van der Waals surface area (Å²) in [7, 11) is 1.61. The van der Waals surface area contributed by atoms with Crippen molar-refractivity contribution in [3.63, 3.8) is 0 Å². The molecule has 3 aromatic heterocycles. The van der Waals surface area contributed by atoms with Gasteiger partial charge in [-0.15, -0.1) is 5.10 Å². The van der Waals surface area contributed by atoms with Crippen LogP contribution in [0.5, 0.6) is 5.88 Å². The maximum absolute atomic E-state index is 5.21. The SMILES string of the molecule is COc1cc(-c2cnc3ccc(N4CCNCC4)nn23)ccn1. The van der Waals surface area contributed by atoms with Crippen molar-refractivity contribution in [1.29, 1.82) is 0 Å². The Hall–Kier alpha value is -2.67. The van der Waals surface area contributed by atoms with Gasteiger partial charge >= 0.3 is 0 Å². The molecule has 0 aliphatic carbocycles. The number of piperazine rings is 1. The molecule has 1 aliphatic heterocycles. The number of nitrogens with zero attached hydrogens (tertiary/aromatic N) is 5. The van der Waals surface area contributed by atoms with Crippen molar-refractivity contribution in [2.45, 2.75) is 0 Å². The fourth-order valence-corrected chi connectivity index (χ4v) is 2.80. The van der Waals surface area contributed by atoms with Crippen LogP contribution in [-0.2, 0) is 0 Å². The van der Waals surface area contributed by atoms with E-state index < -0.39 is 0 Å². The average molecular weight is 310 g/mol. The number of fused-ring (bicyclic) bond motifs is 1. The summed E-state index contributed by atoms with van der Waals surface area (Å²) in [6, 6.07) is 7.87. The lowest BCUT2D eigenvalue weighted by Crippen LogP contribution is -2.44. The third kappa shape index (κ3) is 2.59. The number of hydrogen-bond donors (Lipinski definition) is 1. The van der Waals surface area contributed by atoms with Crippen LogP contribution in [0.25, 0.3) is 16.9 Å². The second-order valence-electron chi connectivity index (χ2n) is 5.43. The molecule has 0 bridgehead atoms. The van der Waals surface area contributed by atoms with E-state index in [0.29, 0.717) is 5.88 Å². The van der Waals surface area contributed by atoms with Gasteiger partial charge in [0.2, 0.25) is 5.88 Å². The Bertz CT molecular complexity index is 824. The topological polar surface area (TPSA) is 67.6 Å². The molecule has 7 heteroatoms. The highest BCUT2D eigenvalue weighted by Crippen LogP contribution is 2.23. The van der Waals surface area contributed by atoms with Gasteiger partial charge in [-0.25, -0.2) is 14.5 Å². The zero-order valence-corrected chi connectivity index (χ0v) is 12.9. The second-order valence-corrected chi connectivity index (χ2v) is 5.43. The first-order valence-electron chi connectivity index (χ1n) is 7.66. The lowest BCUT2D eigenvalue weighted by atomic mass is 10.2. The number of nitrogens with one attached hydrogen (secondary N) is 1. The molecular weight excluding hydrogens is 292 g/mol. The molecular formula is C16H18N6O. The molecule has 4 heterocycles. The molecule has 4 rings (SSSR count). The summed E-state index contributed by atoms with van der Waals surface area (Å²) in [6.45, 7) is 3.90. The van der Waals surface area contributed by atoms with Crippen LogP contribution in [0.2, 0.25) is 0 Å². The van der Waals surface area contributed by atoms with Crippen molar-refractivity contribution in [1.82, 2.24) is 24.9 Å². The van der Waals surface area contributed by atoms with E-state index in [1.807, 2.05) is 35.0 Å². The van der Waals surface area contributed by atoms with E-state index >= 15 is 0 Å². The first kappa shape index (κ1) is 14.0. The van der Waals surface area contributed by atoms with Crippen molar-refractivity contribution in [3.8, 4) is 17.1 Å². The smallest absolute Gasteiger partial charge is 0.213 e. The van der Waals surface area contributed by atoms with E-state index in [2.05, 4.69) is 20.2 Å². The highest BCUT2D eigenvalue weighted by Gasteiger charge is 2.14. The molecule has 1 saturated heterocycles. The molecule has 0 aromatic carbocycles. The molecule has 1 fully saturated rings. The molecule has 118 valence electrons. The van der Waals surface area contributed by atoms with Crippen LogP contribution in [0.1, 0.15) is 0 Å². The van der Waals surface area contributed by atoms with Gasteiger partial charge in [0.1, 0.15) is 5.82 Å². The van der Waals surface area contributed by atoms with E-state index in [9.17, 15) is 0 Å². The lowest BCUT2D eigenvalue weighted by Gasteiger charge is -2.28. The molecule has 0 spiro atoms. The number of imidazole rings is 1. The van der Waals surface area contributed by atoms with Crippen molar-refractivity contribution in [2.24, 2.45) is 0 Å².